The molecule has 0 radical (unpaired) electrons. The summed E-state index contributed by atoms with van der Waals surface area (Å²) < 4.78 is 46.9. The predicted octanol–water partition coefficient (Wildman–Crippen LogP) is 4.71. The Labute approximate surface area is 180 Å². The highest BCUT2D eigenvalue weighted by molar-refractivity contribution is 6.04. The summed E-state index contributed by atoms with van der Waals surface area (Å²) in [6.45, 7) is 3.72. The number of hydrogen-bond donors (Lipinski definition) is 1. The fourth-order valence-corrected chi connectivity index (χ4v) is 3.29. The zero-order valence-electron chi connectivity index (χ0n) is 17.4. The van der Waals surface area contributed by atoms with Crippen molar-refractivity contribution in [3.05, 3.63) is 71.3 Å². The van der Waals surface area contributed by atoms with Crippen molar-refractivity contribution < 1.29 is 22.7 Å². The molecular formula is C22H18F3N5O2. The first-order valence-corrected chi connectivity index (χ1v) is 9.52. The van der Waals surface area contributed by atoms with E-state index in [9.17, 15) is 18.0 Å². The molecule has 0 unspecified atom stereocenters. The molecule has 1 amide bonds. The van der Waals surface area contributed by atoms with Gasteiger partial charge >= 0.3 is 6.18 Å². The van der Waals surface area contributed by atoms with Crippen LogP contribution in [-0.2, 0) is 6.18 Å². The van der Waals surface area contributed by atoms with Gasteiger partial charge in [0.05, 0.1) is 30.5 Å². The summed E-state index contributed by atoms with van der Waals surface area (Å²) in [7, 11) is 1.42. The number of benzene rings is 2. The lowest BCUT2D eigenvalue weighted by Crippen LogP contribution is -2.17. The van der Waals surface area contributed by atoms with Gasteiger partial charge in [-0.3, -0.25) is 9.36 Å². The van der Waals surface area contributed by atoms with Gasteiger partial charge in [-0.15, -0.1) is 0 Å². The van der Waals surface area contributed by atoms with Crippen LogP contribution in [0.1, 0.15) is 27.3 Å². The Balaban J connectivity index is 1.70. The number of hydrogen-bond acceptors (Lipinski definition) is 5. The minimum atomic E-state index is -4.72. The largest absolute Gasteiger partial charge is 0.497 e. The molecule has 10 heteroatoms. The van der Waals surface area contributed by atoms with E-state index < -0.39 is 12.0 Å². The molecule has 0 spiro atoms. The Morgan fingerprint density at radius 2 is 1.88 bits per heavy atom. The van der Waals surface area contributed by atoms with Crippen LogP contribution in [0.4, 0.5) is 19.0 Å². The van der Waals surface area contributed by atoms with Crippen LogP contribution >= 0.6 is 0 Å². The SMILES string of the molecule is COc1ccc2c(c1)nc(C(F)(F)F)n2-c1cnc(NC(=O)c2cccc(C)c2C)cn1. The Morgan fingerprint density at radius 1 is 1.09 bits per heavy atom. The molecule has 0 saturated carbocycles. The van der Waals surface area contributed by atoms with E-state index in [-0.39, 0.29) is 28.6 Å². The quantitative estimate of drug-likeness (QED) is 0.496. The fraction of sp³-hybridized carbons (Fsp3) is 0.182. The minimum Gasteiger partial charge on any atom is -0.497 e. The zero-order valence-corrected chi connectivity index (χ0v) is 17.4. The number of rotatable bonds is 4. The minimum absolute atomic E-state index is 0.0882. The number of carbonyl (C=O) groups is 1. The predicted molar refractivity (Wildman–Crippen MR) is 112 cm³/mol. The van der Waals surface area contributed by atoms with Gasteiger partial charge < -0.3 is 10.1 Å². The summed E-state index contributed by atoms with van der Waals surface area (Å²) in [6.07, 6.45) is -2.36. The van der Waals surface area contributed by atoms with Crippen molar-refractivity contribution in [1.29, 1.82) is 0 Å². The number of fused-ring (bicyclic) bond motifs is 1. The topological polar surface area (TPSA) is 81.9 Å². The first-order valence-electron chi connectivity index (χ1n) is 9.52. The monoisotopic (exact) mass is 441 g/mol. The lowest BCUT2D eigenvalue weighted by molar-refractivity contribution is -0.145. The average Bonchev–Trinajstić information content (AvgIpc) is 3.15. The van der Waals surface area contributed by atoms with Gasteiger partial charge in [-0.25, -0.2) is 15.0 Å². The number of alkyl halides is 3. The third-order valence-corrected chi connectivity index (χ3v) is 5.07. The van der Waals surface area contributed by atoms with Crippen molar-refractivity contribution in [2.75, 3.05) is 12.4 Å². The van der Waals surface area contributed by atoms with Crippen molar-refractivity contribution >= 4 is 22.8 Å². The van der Waals surface area contributed by atoms with E-state index in [4.69, 9.17) is 4.74 Å². The molecule has 2 aromatic carbocycles. The fourth-order valence-electron chi connectivity index (χ4n) is 3.29. The zero-order chi connectivity index (χ0) is 23.0. The van der Waals surface area contributed by atoms with E-state index in [1.54, 1.807) is 12.1 Å². The Hall–Kier alpha value is -3.95. The summed E-state index contributed by atoms with van der Waals surface area (Å²) in [5.74, 6) is -1.12. The second kappa shape index (κ2) is 7.95. The van der Waals surface area contributed by atoms with Gasteiger partial charge in [-0.2, -0.15) is 13.2 Å². The number of nitrogens with one attached hydrogen (secondary N) is 1. The molecule has 7 nitrogen and oxygen atoms in total. The van der Waals surface area contributed by atoms with E-state index in [1.807, 2.05) is 19.9 Å². The number of imidazole rings is 1. The molecule has 0 saturated heterocycles. The number of methoxy groups -OCH3 is 1. The molecule has 0 aliphatic rings. The second-order valence-corrected chi connectivity index (χ2v) is 7.08. The van der Waals surface area contributed by atoms with Crippen molar-refractivity contribution in [2.45, 2.75) is 20.0 Å². The Morgan fingerprint density at radius 3 is 2.53 bits per heavy atom. The van der Waals surface area contributed by atoms with Gasteiger partial charge in [-0.1, -0.05) is 12.1 Å². The third-order valence-electron chi connectivity index (χ3n) is 5.07. The first kappa shape index (κ1) is 21.3. The highest BCUT2D eigenvalue weighted by atomic mass is 19.4. The van der Waals surface area contributed by atoms with Gasteiger partial charge in [0.25, 0.3) is 5.91 Å². The smallest absolute Gasteiger partial charge is 0.450 e. The highest BCUT2D eigenvalue weighted by Gasteiger charge is 2.38. The number of aryl methyl sites for hydroxylation is 1. The number of amides is 1. The maximum Gasteiger partial charge on any atom is 0.450 e. The maximum atomic E-state index is 13.6. The molecule has 2 heterocycles. The van der Waals surface area contributed by atoms with Gasteiger partial charge in [-0.05, 0) is 43.2 Å². The van der Waals surface area contributed by atoms with E-state index in [0.29, 0.717) is 11.3 Å². The van der Waals surface area contributed by atoms with E-state index in [0.717, 1.165) is 21.9 Å². The Kier molecular flexibility index (Phi) is 5.29. The van der Waals surface area contributed by atoms with Gasteiger partial charge in [0.1, 0.15) is 5.75 Å². The Bertz CT molecular complexity index is 1310. The molecular weight excluding hydrogens is 423 g/mol. The normalized spacial score (nSPS) is 11.6. The van der Waals surface area contributed by atoms with E-state index in [2.05, 4.69) is 20.3 Å². The van der Waals surface area contributed by atoms with Crippen molar-refractivity contribution in [2.24, 2.45) is 0 Å². The molecule has 0 aliphatic carbocycles. The molecule has 0 fully saturated rings. The van der Waals surface area contributed by atoms with E-state index >= 15 is 0 Å². The van der Waals surface area contributed by atoms with Gasteiger partial charge in [0.2, 0.25) is 5.82 Å². The standard InChI is InChI=1S/C22H18F3N5O2/c1-12-5-4-6-15(13(12)2)20(31)29-18-10-27-19(11-26-18)30-17-8-7-14(32-3)9-16(17)28-21(30)22(23,24)25/h4-11H,1-3H3,(H,26,29,31). The summed E-state index contributed by atoms with van der Waals surface area (Å²) in [5, 5.41) is 2.62. The first-order chi connectivity index (χ1) is 15.2. The lowest BCUT2D eigenvalue weighted by Gasteiger charge is -2.12. The van der Waals surface area contributed by atoms with Crippen LogP contribution in [0.15, 0.2) is 48.8 Å². The van der Waals surface area contributed by atoms with Crippen LogP contribution in [0.25, 0.3) is 16.9 Å². The molecule has 1 N–H and O–H groups in total. The molecule has 2 aromatic heterocycles. The summed E-state index contributed by atoms with van der Waals surface area (Å²) >= 11 is 0. The van der Waals surface area contributed by atoms with Gasteiger partial charge in [0.15, 0.2) is 11.6 Å². The van der Waals surface area contributed by atoms with Crippen LogP contribution < -0.4 is 10.1 Å². The van der Waals surface area contributed by atoms with E-state index in [1.165, 1.54) is 31.5 Å². The number of carbonyl (C=O) groups excluding carboxylic acids is 1. The number of anilines is 1. The van der Waals surface area contributed by atoms with Crippen LogP contribution in [0.3, 0.4) is 0 Å². The molecule has 0 bridgehead atoms. The second-order valence-electron chi connectivity index (χ2n) is 7.08. The molecule has 164 valence electrons. The summed E-state index contributed by atoms with van der Waals surface area (Å²) in [4.78, 5) is 24.5. The number of halogens is 3. The molecule has 4 rings (SSSR count). The molecule has 4 aromatic rings. The lowest BCUT2D eigenvalue weighted by atomic mass is 10.0. The molecule has 0 atom stereocenters. The van der Waals surface area contributed by atoms with Crippen LogP contribution in [0.5, 0.6) is 5.75 Å². The highest BCUT2D eigenvalue weighted by Crippen LogP contribution is 2.34. The van der Waals surface area contributed by atoms with Crippen molar-refractivity contribution in [1.82, 2.24) is 19.5 Å². The van der Waals surface area contributed by atoms with Gasteiger partial charge in [0, 0.05) is 11.6 Å². The van der Waals surface area contributed by atoms with Crippen LogP contribution in [0, 0.1) is 13.8 Å². The number of aromatic nitrogens is 4. The third kappa shape index (κ3) is 3.86. The molecule has 32 heavy (non-hydrogen) atoms. The number of nitrogens with zero attached hydrogens (tertiary/aromatic N) is 4. The van der Waals surface area contributed by atoms with Crippen molar-refractivity contribution in [3.8, 4) is 11.6 Å². The number of ether oxygens (including phenoxy) is 1. The summed E-state index contributed by atoms with van der Waals surface area (Å²) in [5.41, 5.74) is 2.56. The van der Waals surface area contributed by atoms with Crippen molar-refractivity contribution in [3.63, 3.8) is 0 Å². The molecule has 0 aliphatic heterocycles. The average molecular weight is 441 g/mol. The summed E-state index contributed by atoms with van der Waals surface area (Å²) in [6, 6.07) is 9.75. The van der Waals surface area contributed by atoms with Crippen LogP contribution in [0.2, 0.25) is 0 Å². The maximum absolute atomic E-state index is 13.6. The van der Waals surface area contributed by atoms with Crippen LogP contribution in [-0.4, -0.2) is 32.5 Å².